The summed E-state index contributed by atoms with van der Waals surface area (Å²) in [5.74, 6) is 1.35. The van der Waals surface area contributed by atoms with E-state index in [1.54, 1.807) is 18.2 Å². The van der Waals surface area contributed by atoms with Gasteiger partial charge < -0.3 is 20.5 Å². The molecule has 41 heavy (non-hydrogen) atoms. The summed E-state index contributed by atoms with van der Waals surface area (Å²) in [6, 6.07) is 11.0. The summed E-state index contributed by atoms with van der Waals surface area (Å²) in [5, 5.41) is 3.17. The van der Waals surface area contributed by atoms with Gasteiger partial charge in [-0.25, -0.2) is 4.99 Å². The van der Waals surface area contributed by atoms with Gasteiger partial charge in [0, 0.05) is 29.5 Å². The molecular formula is C30H37F3N4O4. The van der Waals surface area contributed by atoms with Gasteiger partial charge in [-0.15, -0.1) is 0 Å². The Morgan fingerprint density at radius 1 is 1.15 bits per heavy atom. The molecule has 6 bridgehead atoms. The first-order valence-electron chi connectivity index (χ1n) is 13.8. The van der Waals surface area contributed by atoms with E-state index in [9.17, 15) is 22.8 Å². The number of nitrogens with zero attached hydrogens (tertiary/aromatic N) is 2. The van der Waals surface area contributed by atoms with Crippen molar-refractivity contribution in [3.05, 3.63) is 64.7 Å². The van der Waals surface area contributed by atoms with Crippen molar-refractivity contribution in [3.63, 3.8) is 0 Å². The number of allylic oxidation sites excluding steroid dienone is 1. The monoisotopic (exact) mass is 574 g/mol. The van der Waals surface area contributed by atoms with E-state index in [-0.39, 0.29) is 36.4 Å². The molecule has 2 atom stereocenters. The fourth-order valence-electron chi connectivity index (χ4n) is 4.80. The summed E-state index contributed by atoms with van der Waals surface area (Å²) in [5.41, 5.74) is 9.44. The van der Waals surface area contributed by atoms with Crippen LogP contribution in [0.1, 0.15) is 79.5 Å². The number of nitrogens with two attached hydrogens (primary N) is 1. The van der Waals surface area contributed by atoms with E-state index >= 15 is 0 Å². The molecule has 0 aliphatic carbocycles. The maximum absolute atomic E-state index is 13.3. The van der Waals surface area contributed by atoms with Crippen LogP contribution >= 0.6 is 0 Å². The molecule has 3 N–H and O–H groups in total. The predicted molar refractivity (Wildman–Crippen MR) is 152 cm³/mol. The molecule has 6 rings (SSSR count). The smallest absolute Gasteiger partial charge is 0.379 e. The fourth-order valence-corrected chi connectivity index (χ4v) is 4.80. The average Bonchev–Trinajstić information content (AvgIpc) is 2.94. The molecule has 2 unspecified atom stereocenters. The third-order valence-electron chi connectivity index (χ3n) is 6.61. The first-order chi connectivity index (χ1) is 19.7. The largest absolute Gasteiger partial charge is 0.494 e. The average molecular weight is 575 g/mol. The van der Waals surface area contributed by atoms with Gasteiger partial charge >= 0.3 is 6.68 Å². The molecule has 4 aliphatic heterocycles. The Hall–Kier alpha value is -4.02. The third-order valence-corrected chi connectivity index (χ3v) is 6.61. The Labute approximate surface area is 238 Å². The molecule has 0 fully saturated rings. The molecule has 0 spiro atoms. The molecule has 0 radical (unpaired) electrons. The van der Waals surface area contributed by atoms with E-state index in [1.807, 2.05) is 32.9 Å². The molecular weight excluding hydrogens is 537 g/mol. The van der Waals surface area contributed by atoms with E-state index in [2.05, 4.69) is 28.5 Å². The van der Waals surface area contributed by atoms with Gasteiger partial charge in [-0.2, -0.15) is 13.2 Å². The highest BCUT2D eigenvalue weighted by Gasteiger charge is 2.29. The number of carbonyl (C=O) groups excluding carboxylic acids is 2. The number of nitrogens with one attached hydrogen (secondary N) is 1. The van der Waals surface area contributed by atoms with Gasteiger partial charge in [0.05, 0.1) is 31.8 Å². The van der Waals surface area contributed by atoms with Crippen LogP contribution in [0.15, 0.2) is 47.5 Å². The number of rotatable bonds is 2. The Kier molecular flexibility index (Phi) is 11.6. The summed E-state index contributed by atoms with van der Waals surface area (Å²) in [6.45, 7) is 3.43. The minimum atomic E-state index is -3.67. The van der Waals surface area contributed by atoms with E-state index in [4.69, 9.17) is 15.2 Å². The molecule has 8 nitrogen and oxygen atoms in total. The van der Waals surface area contributed by atoms with Crippen LogP contribution in [-0.4, -0.2) is 48.6 Å². The maximum atomic E-state index is 13.3. The zero-order valence-electron chi connectivity index (χ0n) is 23.5. The topological polar surface area (TPSA) is 106 Å². The predicted octanol–water partition coefficient (Wildman–Crippen LogP) is 5.77. The second-order valence-electron chi connectivity index (χ2n) is 9.27. The van der Waals surface area contributed by atoms with Crippen molar-refractivity contribution >= 4 is 23.8 Å². The Morgan fingerprint density at radius 2 is 1.90 bits per heavy atom. The lowest BCUT2D eigenvalue weighted by Crippen LogP contribution is -2.46. The highest BCUT2D eigenvalue weighted by Crippen LogP contribution is 2.34. The molecule has 4 aliphatic rings. The number of carbonyl (C=O) groups is 2. The van der Waals surface area contributed by atoms with Crippen LogP contribution in [0.25, 0.3) is 6.08 Å². The zero-order valence-corrected chi connectivity index (χ0v) is 23.5. The van der Waals surface area contributed by atoms with Gasteiger partial charge in [0.2, 0.25) is 5.91 Å². The van der Waals surface area contributed by atoms with Crippen molar-refractivity contribution < 1.29 is 32.2 Å². The van der Waals surface area contributed by atoms with Crippen molar-refractivity contribution in [1.29, 1.82) is 0 Å². The van der Waals surface area contributed by atoms with Crippen molar-refractivity contribution in [2.75, 3.05) is 13.2 Å². The first-order valence-corrected chi connectivity index (χ1v) is 13.8. The first kappa shape index (κ1) is 31.5. The fraction of sp³-hybridized carbons (Fsp3) is 0.433. The highest BCUT2D eigenvalue weighted by atomic mass is 19.4. The van der Waals surface area contributed by atoms with E-state index in [0.29, 0.717) is 42.9 Å². The number of hydrogen-bond acceptors (Lipinski definition) is 6. The van der Waals surface area contributed by atoms with Gasteiger partial charge in [-0.05, 0) is 55.7 Å². The summed E-state index contributed by atoms with van der Waals surface area (Å²) in [6.07, 6.45) is 6.65. The number of alkyl halides is 3. The number of benzene rings is 2. The molecule has 2 amide bonds. The highest BCUT2D eigenvalue weighted by molar-refractivity contribution is 5.99. The van der Waals surface area contributed by atoms with Crippen LogP contribution in [0.3, 0.4) is 0 Å². The van der Waals surface area contributed by atoms with Crippen molar-refractivity contribution in [3.8, 4) is 11.5 Å². The Balaban J connectivity index is 0.000000710. The lowest BCUT2D eigenvalue weighted by molar-refractivity contribution is -0.128. The summed E-state index contributed by atoms with van der Waals surface area (Å²) in [4.78, 5) is 32.3. The quantitative estimate of drug-likeness (QED) is 0.474. The summed E-state index contributed by atoms with van der Waals surface area (Å²) >= 11 is 0. The van der Waals surface area contributed by atoms with Gasteiger partial charge in [-0.3, -0.25) is 14.5 Å². The molecule has 2 aromatic rings. The SMILES string of the molecule is CC.CCOc1ccc2cc1CN1C(=O)CC(CC/C=C\c3ccc4c(c3)C(CCO4)NC2=O)N=C1N.FC(F)F. The molecule has 222 valence electrons. The number of aliphatic imine (C=N–C) groups is 1. The molecule has 0 aromatic heterocycles. The molecule has 0 saturated heterocycles. The van der Waals surface area contributed by atoms with Crippen molar-refractivity contribution in [2.24, 2.45) is 10.7 Å². The second-order valence-corrected chi connectivity index (χ2v) is 9.27. The number of hydrogen-bond donors (Lipinski definition) is 2. The normalized spacial score (nSPS) is 20.6. The number of amides is 2. The Bertz CT molecular complexity index is 1270. The van der Waals surface area contributed by atoms with E-state index < -0.39 is 6.68 Å². The number of ether oxygens (including phenoxy) is 2. The van der Waals surface area contributed by atoms with Crippen LogP contribution in [0.4, 0.5) is 13.2 Å². The van der Waals surface area contributed by atoms with Gasteiger partial charge in [0.15, 0.2) is 5.96 Å². The number of guanidine groups is 1. The molecule has 2 aromatic carbocycles. The van der Waals surface area contributed by atoms with Crippen LogP contribution in [0.5, 0.6) is 11.5 Å². The number of fused-ring (bicyclic) bond motifs is 4. The summed E-state index contributed by atoms with van der Waals surface area (Å²) < 4.78 is 40.6. The summed E-state index contributed by atoms with van der Waals surface area (Å²) in [7, 11) is 0. The van der Waals surface area contributed by atoms with Crippen LogP contribution in [0, 0.1) is 0 Å². The van der Waals surface area contributed by atoms with Crippen LogP contribution in [0.2, 0.25) is 0 Å². The van der Waals surface area contributed by atoms with Crippen LogP contribution in [-0.2, 0) is 11.3 Å². The minimum absolute atomic E-state index is 0.0765. The van der Waals surface area contributed by atoms with Crippen molar-refractivity contribution in [1.82, 2.24) is 10.2 Å². The molecule has 4 heterocycles. The lowest BCUT2D eigenvalue weighted by Gasteiger charge is -2.30. The third kappa shape index (κ3) is 8.48. The minimum Gasteiger partial charge on any atom is -0.494 e. The van der Waals surface area contributed by atoms with Gasteiger partial charge in [0.1, 0.15) is 11.5 Å². The van der Waals surface area contributed by atoms with Crippen molar-refractivity contribution in [2.45, 2.75) is 71.8 Å². The second kappa shape index (κ2) is 15.1. The Morgan fingerprint density at radius 3 is 2.61 bits per heavy atom. The zero-order chi connectivity index (χ0) is 29.9. The standard InChI is InChI=1S/C27H30N4O4.C2H6.CHF3/c1-2-34-23-10-8-18-14-19(23)16-31-25(32)15-20(29-27(31)28)6-4-3-5-17-7-9-24-21(13-17)22(11-12-35-24)30-26(18)33;1-2;2-1(3)4/h3,5,7-10,13-14,20,22H,2,4,6,11-12,15-16H2,1H3,(H2,28,29)(H,30,33);1-2H3;1H/b5-3-;;. The van der Waals surface area contributed by atoms with Gasteiger partial charge in [0.25, 0.3) is 5.91 Å². The van der Waals surface area contributed by atoms with Crippen LogP contribution < -0.4 is 20.5 Å². The lowest BCUT2D eigenvalue weighted by atomic mass is 9.97. The van der Waals surface area contributed by atoms with E-state index in [1.165, 1.54) is 4.90 Å². The van der Waals surface area contributed by atoms with Gasteiger partial charge in [-0.1, -0.05) is 32.1 Å². The maximum Gasteiger partial charge on any atom is 0.379 e. The number of halogens is 3. The molecule has 0 saturated carbocycles. The molecule has 11 heteroatoms. The van der Waals surface area contributed by atoms with E-state index in [0.717, 1.165) is 29.7 Å².